The van der Waals surface area contributed by atoms with Crippen molar-refractivity contribution >= 4 is 15.7 Å². The quantitative estimate of drug-likeness (QED) is 0.373. The Hall–Kier alpha value is -3.24. The molecule has 10 heteroatoms. The number of rotatable bonds is 9. The van der Waals surface area contributed by atoms with Gasteiger partial charge in [-0.1, -0.05) is 44.2 Å². The maximum atomic E-state index is 12.6. The molecule has 3 aromatic rings. The molecule has 2 aromatic carbocycles. The van der Waals surface area contributed by atoms with Crippen molar-refractivity contribution in [3.05, 3.63) is 70.7 Å². The Bertz CT molecular complexity index is 1120. The number of aromatic nitrogens is 1. The number of benzene rings is 2. The summed E-state index contributed by atoms with van der Waals surface area (Å²) in [6.07, 6.45) is 1.54. The second kappa shape index (κ2) is 9.06. The van der Waals surface area contributed by atoms with E-state index in [0.29, 0.717) is 5.76 Å². The van der Waals surface area contributed by atoms with Crippen LogP contribution in [0.2, 0.25) is 0 Å². The van der Waals surface area contributed by atoms with Gasteiger partial charge in [0.1, 0.15) is 0 Å². The van der Waals surface area contributed by atoms with Gasteiger partial charge in [-0.25, -0.2) is 13.4 Å². The van der Waals surface area contributed by atoms with Gasteiger partial charge in [-0.3, -0.25) is 10.1 Å². The molecule has 30 heavy (non-hydrogen) atoms. The Balaban J connectivity index is 1.82. The van der Waals surface area contributed by atoms with Crippen molar-refractivity contribution in [2.24, 2.45) is 0 Å². The lowest BCUT2D eigenvalue weighted by Crippen LogP contribution is -2.30. The van der Waals surface area contributed by atoms with Crippen LogP contribution in [0.15, 0.2) is 64.0 Å². The van der Waals surface area contributed by atoms with Crippen LogP contribution in [0.5, 0.6) is 5.75 Å². The topological polar surface area (TPSA) is 116 Å². The lowest BCUT2D eigenvalue weighted by atomic mass is 10.2. The zero-order valence-electron chi connectivity index (χ0n) is 16.5. The Morgan fingerprint density at radius 1 is 1.13 bits per heavy atom. The average Bonchev–Trinajstić information content (AvgIpc) is 3.22. The second-order valence-electron chi connectivity index (χ2n) is 6.25. The van der Waals surface area contributed by atoms with E-state index in [-0.39, 0.29) is 36.2 Å². The molecule has 0 bridgehead atoms. The van der Waals surface area contributed by atoms with Crippen molar-refractivity contribution in [1.29, 1.82) is 0 Å². The highest BCUT2D eigenvalue weighted by atomic mass is 32.2. The molecule has 0 saturated heterocycles. The van der Waals surface area contributed by atoms with Crippen molar-refractivity contribution in [2.75, 3.05) is 13.1 Å². The van der Waals surface area contributed by atoms with Crippen molar-refractivity contribution in [1.82, 2.24) is 9.29 Å². The van der Waals surface area contributed by atoms with Crippen LogP contribution in [0.3, 0.4) is 0 Å². The Morgan fingerprint density at radius 2 is 1.83 bits per heavy atom. The summed E-state index contributed by atoms with van der Waals surface area (Å²) in [5.74, 6) is 0.713. The van der Waals surface area contributed by atoms with Gasteiger partial charge >= 0.3 is 5.69 Å². The van der Waals surface area contributed by atoms with Crippen LogP contribution in [-0.2, 0) is 16.6 Å². The molecule has 0 saturated carbocycles. The van der Waals surface area contributed by atoms with Crippen LogP contribution in [-0.4, -0.2) is 35.7 Å². The highest BCUT2D eigenvalue weighted by Crippen LogP contribution is 2.31. The molecule has 0 radical (unpaired) electrons. The van der Waals surface area contributed by atoms with E-state index >= 15 is 0 Å². The molecule has 1 heterocycles. The van der Waals surface area contributed by atoms with E-state index in [2.05, 4.69) is 4.98 Å². The number of hydrogen-bond acceptors (Lipinski definition) is 7. The third kappa shape index (κ3) is 4.50. The molecule has 0 fully saturated rings. The van der Waals surface area contributed by atoms with E-state index in [1.54, 1.807) is 20.0 Å². The number of nitro benzene ring substituents is 1. The van der Waals surface area contributed by atoms with E-state index in [1.165, 1.54) is 16.4 Å². The molecule has 0 aliphatic heterocycles. The molecule has 0 aliphatic rings. The molecular weight excluding hydrogens is 410 g/mol. The largest absolute Gasteiger partial charge is 0.477 e. The van der Waals surface area contributed by atoms with Gasteiger partial charge in [0.25, 0.3) is 0 Å². The summed E-state index contributed by atoms with van der Waals surface area (Å²) >= 11 is 0. The minimum Gasteiger partial charge on any atom is -0.477 e. The van der Waals surface area contributed by atoms with Crippen LogP contribution < -0.4 is 4.74 Å². The van der Waals surface area contributed by atoms with Gasteiger partial charge in [-0.05, 0) is 12.1 Å². The third-order valence-electron chi connectivity index (χ3n) is 4.43. The maximum absolute atomic E-state index is 12.6. The molecular formula is C20H21N3O6S. The zero-order chi connectivity index (χ0) is 21.7. The Kier molecular flexibility index (Phi) is 6.48. The van der Waals surface area contributed by atoms with Crippen molar-refractivity contribution < 1.29 is 22.5 Å². The lowest BCUT2D eigenvalue weighted by Gasteiger charge is -2.18. The fourth-order valence-corrected chi connectivity index (χ4v) is 4.37. The number of oxazole rings is 1. The first kappa shape index (κ1) is 21.5. The zero-order valence-corrected chi connectivity index (χ0v) is 17.3. The van der Waals surface area contributed by atoms with Gasteiger partial charge in [0.15, 0.2) is 18.1 Å². The molecule has 0 N–H and O–H groups in total. The molecule has 0 unspecified atom stereocenters. The Labute approximate surface area is 174 Å². The highest BCUT2D eigenvalue weighted by molar-refractivity contribution is 7.89. The fourth-order valence-electron chi connectivity index (χ4n) is 2.89. The summed E-state index contributed by atoms with van der Waals surface area (Å²) in [6.45, 7) is 3.79. The first-order valence-electron chi connectivity index (χ1n) is 9.28. The lowest BCUT2D eigenvalue weighted by molar-refractivity contribution is -0.386. The second-order valence-corrected chi connectivity index (χ2v) is 8.19. The summed E-state index contributed by atoms with van der Waals surface area (Å²) in [4.78, 5) is 14.8. The van der Waals surface area contributed by atoms with E-state index in [4.69, 9.17) is 9.15 Å². The van der Waals surface area contributed by atoms with Gasteiger partial charge in [0, 0.05) is 24.7 Å². The molecule has 0 amide bonds. The summed E-state index contributed by atoms with van der Waals surface area (Å²) in [7, 11) is -3.83. The molecule has 3 rings (SSSR count). The average molecular weight is 431 g/mol. The van der Waals surface area contributed by atoms with E-state index in [1.807, 2.05) is 30.3 Å². The van der Waals surface area contributed by atoms with Gasteiger partial charge in [0.05, 0.1) is 16.0 Å². The van der Waals surface area contributed by atoms with Crippen LogP contribution in [0.4, 0.5) is 5.69 Å². The molecule has 0 aliphatic carbocycles. The standard InChI is InChI=1S/C20H21N3O6S/c1-3-22(4-2)30(26,27)16-10-11-18(17(12-16)23(24)25)28-14-20-21-13-19(29-20)15-8-6-5-7-9-15/h5-13H,3-4,14H2,1-2H3. The van der Waals surface area contributed by atoms with E-state index in [0.717, 1.165) is 11.6 Å². The van der Waals surface area contributed by atoms with E-state index < -0.39 is 20.6 Å². The summed E-state index contributed by atoms with van der Waals surface area (Å²) in [5.41, 5.74) is 0.395. The summed E-state index contributed by atoms with van der Waals surface area (Å²) in [5, 5.41) is 11.5. The normalized spacial score (nSPS) is 11.6. The SMILES string of the molecule is CCN(CC)S(=O)(=O)c1ccc(OCc2ncc(-c3ccccc3)o2)c([N+](=O)[O-])c1. The first-order chi connectivity index (χ1) is 14.4. The molecule has 0 spiro atoms. The smallest absolute Gasteiger partial charge is 0.312 e. The number of hydrogen-bond donors (Lipinski definition) is 0. The predicted molar refractivity (Wildman–Crippen MR) is 109 cm³/mol. The van der Waals surface area contributed by atoms with Gasteiger partial charge in [-0.15, -0.1) is 0 Å². The third-order valence-corrected chi connectivity index (χ3v) is 6.48. The first-order valence-corrected chi connectivity index (χ1v) is 10.7. The minimum atomic E-state index is -3.83. The van der Waals surface area contributed by atoms with E-state index in [9.17, 15) is 18.5 Å². The molecule has 9 nitrogen and oxygen atoms in total. The van der Waals surface area contributed by atoms with Crippen molar-refractivity contribution in [3.8, 4) is 17.1 Å². The van der Waals surface area contributed by atoms with Gasteiger partial charge in [-0.2, -0.15) is 4.31 Å². The van der Waals surface area contributed by atoms with Crippen LogP contribution >= 0.6 is 0 Å². The van der Waals surface area contributed by atoms with Crippen molar-refractivity contribution in [3.63, 3.8) is 0 Å². The molecule has 0 atom stereocenters. The summed E-state index contributed by atoms with van der Waals surface area (Å²) in [6, 6.07) is 12.9. The minimum absolute atomic E-state index is 0.0713. The Morgan fingerprint density at radius 3 is 2.47 bits per heavy atom. The van der Waals surface area contributed by atoms with Crippen LogP contribution in [0, 0.1) is 10.1 Å². The predicted octanol–water partition coefficient (Wildman–Crippen LogP) is 3.86. The highest BCUT2D eigenvalue weighted by Gasteiger charge is 2.26. The van der Waals surface area contributed by atoms with Gasteiger partial charge in [0.2, 0.25) is 15.9 Å². The number of sulfonamides is 1. The maximum Gasteiger partial charge on any atom is 0.312 e. The van der Waals surface area contributed by atoms with Crippen LogP contribution in [0.25, 0.3) is 11.3 Å². The summed E-state index contributed by atoms with van der Waals surface area (Å²) < 4.78 is 37.6. The number of nitrogens with zero attached hydrogens (tertiary/aromatic N) is 3. The number of nitro groups is 1. The molecule has 1 aromatic heterocycles. The number of ether oxygens (including phenoxy) is 1. The van der Waals surface area contributed by atoms with Gasteiger partial charge < -0.3 is 9.15 Å². The van der Waals surface area contributed by atoms with Crippen molar-refractivity contribution in [2.45, 2.75) is 25.3 Å². The monoisotopic (exact) mass is 431 g/mol. The van der Waals surface area contributed by atoms with Crippen LogP contribution in [0.1, 0.15) is 19.7 Å². The fraction of sp³-hybridized carbons (Fsp3) is 0.250. The molecule has 158 valence electrons.